The molecule has 0 spiro atoms. The van der Waals surface area contributed by atoms with Crippen LogP contribution in [0.25, 0.3) is 0 Å². The summed E-state index contributed by atoms with van der Waals surface area (Å²) in [4.78, 5) is 38.3. The average Bonchev–Trinajstić information content (AvgIpc) is 3.48. The fourth-order valence-corrected chi connectivity index (χ4v) is 9.21. The predicted molar refractivity (Wildman–Crippen MR) is 362 cm³/mol. The molecule has 6 nitrogen and oxygen atoms in total. The van der Waals surface area contributed by atoms with Gasteiger partial charge in [-0.25, -0.2) is 0 Å². The van der Waals surface area contributed by atoms with Gasteiger partial charge in [0.15, 0.2) is 6.10 Å². The normalized spacial score (nSPS) is 13.0. The molecule has 0 amide bonds. The van der Waals surface area contributed by atoms with Crippen LogP contribution < -0.4 is 0 Å². The standard InChI is InChI=1S/C77H126O6/c1-4-7-10-13-16-19-22-24-26-28-30-31-32-33-34-35-36-37-38-39-40-41-42-43-44-45-47-48-50-52-55-58-61-64-67-70-76(79)82-73-74(72-81-75(78)69-66-63-60-57-54-21-18-15-12-9-6-3)83-77(80)71-68-65-62-59-56-53-51-49-46-29-27-25-23-20-17-14-11-8-5-2/h7,10,16-17,19-20,24-27,30-31,33-34,36-37,39-40,42-43,45,47,50,52,74H,4-6,8-9,11-15,18,21-23,28-29,32,35,38,41,44,46,48-49,51,53-73H2,1-3H3/b10-7-,19-16-,20-17-,26-24-,27-25-,31-30-,34-33-,37-36-,40-39-,43-42-,47-45-,52-50-. The van der Waals surface area contributed by atoms with Crippen LogP contribution >= 0.6 is 0 Å². The minimum Gasteiger partial charge on any atom is -0.462 e. The van der Waals surface area contributed by atoms with Gasteiger partial charge in [0.25, 0.3) is 0 Å². The minimum atomic E-state index is -0.795. The molecule has 0 aliphatic heterocycles. The van der Waals surface area contributed by atoms with Crippen molar-refractivity contribution in [2.45, 2.75) is 309 Å². The first-order valence-corrected chi connectivity index (χ1v) is 34.3. The van der Waals surface area contributed by atoms with Gasteiger partial charge in [-0.15, -0.1) is 0 Å². The first kappa shape index (κ1) is 78.3. The molecule has 0 aromatic rings. The second-order valence-corrected chi connectivity index (χ2v) is 22.4. The molecule has 0 bridgehead atoms. The van der Waals surface area contributed by atoms with Crippen LogP contribution in [0.2, 0.25) is 0 Å². The number of carbonyl (C=O) groups is 3. The van der Waals surface area contributed by atoms with E-state index in [0.29, 0.717) is 19.3 Å². The minimum absolute atomic E-state index is 0.0891. The Morgan fingerprint density at radius 1 is 0.253 bits per heavy atom. The topological polar surface area (TPSA) is 78.9 Å². The quantitative estimate of drug-likeness (QED) is 0.0261. The van der Waals surface area contributed by atoms with Crippen LogP contribution in [0.15, 0.2) is 146 Å². The average molecular weight is 1150 g/mol. The van der Waals surface area contributed by atoms with Crippen LogP contribution in [0.4, 0.5) is 0 Å². The number of hydrogen-bond donors (Lipinski definition) is 0. The zero-order chi connectivity index (χ0) is 59.9. The van der Waals surface area contributed by atoms with Gasteiger partial charge in [-0.05, 0) is 128 Å². The summed E-state index contributed by atoms with van der Waals surface area (Å²) in [6, 6.07) is 0. The van der Waals surface area contributed by atoms with Gasteiger partial charge >= 0.3 is 17.9 Å². The molecule has 83 heavy (non-hydrogen) atoms. The number of esters is 3. The Morgan fingerprint density at radius 3 is 0.759 bits per heavy atom. The highest BCUT2D eigenvalue weighted by molar-refractivity contribution is 5.71. The lowest BCUT2D eigenvalue weighted by molar-refractivity contribution is -0.167. The van der Waals surface area contributed by atoms with Crippen molar-refractivity contribution in [3.05, 3.63) is 146 Å². The number of ether oxygens (including phenoxy) is 3. The Kier molecular flexibility index (Phi) is 65.8. The lowest BCUT2D eigenvalue weighted by atomic mass is 10.1. The first-order valence-electron chi connectivity index (χ1n) is 34.3. The smallest absolute Gasteiger partial charge is 0.306 e. The number of unbranched alkanes of at least 4 members (excludes halogenated alkanes) is 26. The Labute approximate surface area is 512 Å². The molecule has 0 rings (SSSR count). The Bertz CT molecular complexity index is 1800. The molecule has 470 valence electrons. The van der Waals surface area contributed by atoms with Crippen molar-refractivity contribution >= 4 is 17.9 Å². The molecule has 1 unspecified atom stereocenters. The molecule has 6 heteroatoms. The van der Waals surface area contributed by atoms with E-state index in [2.05, 4.69) is 167 Å². The summed E-state index contributed by atoms with van der Waals surface area (Å²) >= 11 is 0. The molecule has 1 atom stereocenters. The van der Waals surface area contributed by atoms with E-state index in [-0.39, 0.29) is 31.1 Å². The monoisotopic (exact) mass is 1150 g/mol. The molecule has 0 saturated carbocycles. The summed E-state index contributed by atoms with van der Waals surface area (Å²) in [5.41, 5.74) is 0. The maximum Gasteiger partial charge on any atom is 0.306 e. The summed E-state index contributed by atoms with van der Waals surface area (Å²) in [7, 11) is 0. The fourth-order valence-electron chi connectivity index (χ4n) is 9.21. The highest BCUT2D eigenvalue weighted by atomic mass is 16.6. The molecule has 0 N–H and O–H groups in total. The Morgan fingerprint density at radius 2 is 0.470 bits per heavy atom. The van der Waals surface area contributed by atoms with E-state index in [0.717, 1.165) is 141 Å². The Balaban J connectivity index is 4.31. The summed E-state index contributed by atoms with van der Waals surface area (Å²) in [6.07, 6.45) is 100. The van der Waals surface area contributed by atoms with Crippen LogP contribution in [0, 0.1) is 0 Å². The third-order valence-corrected chi connectivity index (χ3v) is 14.3. The molecular formula is C77H126O6. The van der Waals surface area contributed by atoms with Crippen molar-refractivity contribution in [2.24, 2.45) is 0 Å². The van der Waals surface area contributed by atoms with E-state index in [1.807, 2.05) is 0 Å². The van der Waals surface area contributed by atoms with E-state index in [1.54, 1.807) is 0 Å². The van der Waals surface area contributed by atoms with Gasteiger partial charge in [0.05, 0.1) is 0 Å². The van der Waals surface area contributed by atoms with Crippen molar-refractivity contribution in [3.63, 3.8) is 0 Å². The maximum absolute atomic E-state index is 12.9. The summed E-state index contributed by atoms with van der Waals surface area (Å²) in [5.74, 6) is -0.916. The number of allylic oxidation sites excluding steroid dienone is 24. The Hall–Kier alpha value is -4.71. The number of carbonyl (C=O) groups excluding carboxylic acids is 3. The highest BCUT2D eigenvalue weighted by Crippen LogP contribution is 2.16. The van der Waals surface area contributed by atoms with Gasteiger partial charge in [0.1, 0.15) is 13.2 Å². The molecule has 0 aromatic heterocycles. The maximum atomic E-state index is 12.9. The fraction of sp³-hybridized carbons (Fsp3) is 0.649. The zero-order valence-corrected chi connectivity index (χ0v) is 53.9. The second-order valence-electron chi connectivity index (χ2n) is 22.4. The van der Waals surface area contributed by atoms with Gasteiger partial charge in [-0.2, -0.15) is 0 Å². The van der Waals surface area contributed by atoms with E-state index in [9.17, 15) is 14.4 Å². The third kappa shape index (κ3) is 68.0. The molecule has 0 radical (unpaired) electrons. The van der Waals surface area contributed by atoms with Crippen molar-refractivity contribution in [1.29, 1.82) is 0 Å². The van der Waals surface area contributed by atoms with Gasteiger partial charge in [-0.1, -0.05) is 301 Å². The van der Waals surface area contributed by atoms with E-state index in [4.69, 9.17) is 14.2 Å². The molecule has 0 saturated heterocycles. The lowest BCUT2D eigenvalue weighted by Crippen LogP contribution is -2.30. The van der Waals surface area contributed by atoms with Crippen LogP contribution in [0.5, 0.6) is 0 Å². The number of hydrogen-bond acceptors (Lipinski definition) is 6. The molecule has 0 aliphatic rings. The largest absolute Gasteiger partial charge is 0.462 e. The van der Waals surface area contributed by atoms with Crippen molar-refractivity contribution in [2.75, 3.05) is 13.2 Å². The van der Waals surface area contributed by atoms with E-state index >= 15 is 0 Å². The van der Waals surface area contributed by atoms with Crippen LogP contribution in [0.3, 0.4) is 0 Å². The van der Waals surface area contributed by atoms with Gasteiger partial charge < -0.3 is 14.2 Å². The third-order valence-electron chi connectivity index (χ3n) is 14.3. The number of rotatable bonds is 61. The van der Waals surface area contributed by atoms with Crippen LogP contribution in [-0.4, -0.2) is 37.2 Å². The SMILES string of the molecule is CC/C=C\C/C=C\C/C=C\C/C=C\C/C=C\C/C=C\C/C=C\C/C=C\C/C=C\C/C=C\CCCCCCC(=O)OCC(COC(=O)CCCCCCCCCCCCC)OC(=O)CCCCCCCCCCC/C=C\C/C=C\CCCCC. The van der Waals surface area contributed by atoms with Crippen LogP contribution in [0.1, 0.15) is 303 Å². The summed E-state index contributed by atoms with van der Waals surface area (Å²) in [6.45, 7) is 6.48. The van der Waals surface area contributed by atoms with Gasteiger partial charge in [0.2, 0.25) is 0 Å². The molecule has 0 fully saturated rings. The van der Waals surface area contributed by atoms with E-state index < -0.39 is 6.10 Å². The van der Waals surface area contributed by atoms with Gasteiger partial charge in [-0.3, -0.25) is 14.4 Å². The van der Waals surface area contributed by atoms with Crippen molar-refractivity contribution < 1.29 is 28.6 Å². The van der Waals surface area contributed by atoms with E-state index in [1.165, 1.54) is 122 Å². The molecule has 0 aliphatic carbocycles. The predicted octanol–water partition coefficient (Wildman–Crippen LogP) is 23.9. The van der Waals surface area contributed by atoms with Crippen LogP contribution in [-0.2, 0) is 28.6 Å². The lowest BCUT2D eigenvalue weighted by Gasteiger charge is -2.18. The summed E-state index contributed by atoms with van der Waals surface area (Å²) < 4.78 is 16.9. The molecule has 0 heterocycles. The highest BCUT2D eigenvalue weighted by Gasteiger charge is 2.19. The van der Waals surface area contributed by atoms with Crippen molar-refractivity contribution in [3.8, 4) is 0 Å². The zero-order valence-electron chi connectivity index (χ0n) is 53.9. The molecular weight excluding hydrogens is 1020 g/mol. The first-order chi connectivity index (χ1) is 41.0. The second kappa shape index (κ2) is 69.8. The van der Waals surface area contributed by atoms with Crippen molar-refractivity contribution in [1.82, 2.24) is 0 Å². The molecule has 0 aromatic carbocycles. The van der Waals surface area contributed by atoms with Gasteiger partial charge in [0, 0.05) is 19.3 Å². The summed E-state index contributed by atoms with van der Waals surface area (Å²) in [5, 5.41) is 0.